The van der Waals surface area contributed by atoms with Gasteiger partial charge in [0.2, 0.25) is 0 Å². The molecule has 20 heavy (non-hydrogen) atoms. The molecule has 3 rings (SSSR count). The lowest BCUT2D eigenvalue weighted by atomic mass is 10.2. The van der Waals surface area contributed by atoms with Gasteiger partial charge in [-0.15, -0.1) is 5.10 Å². The first kappa shape index (κ1) is 12.7. The van der Waals surface area contributed by atoms with E-state index in [4.69, 9.17) is 0 Å². The second-order valence-corrected chi connectivity index (χ2v) is 4.76. The summed E-state index contributed by atoms with van der Waals surface area (Å²) in [5.74, 6) is 0. The number of nitrogens with zero attached hydrogens (tertiary/aromatic N) is 4. The van der Waals surface area contributed by atoms with E-state index in [1.54, 1.807) is 12.1 Å². The number of fused-ring (bicyclic) bond motifs is 1. The Balaban J connectivity index is 2.26. The number of aromatic nitrogens is 3. The Kier molecular flexibility index (Phi) is 3.19. The molecule has 0 radical (unpaired) electrons. The molecule has 0 aliphatic carbocycles. The minimum Gasteiger partial charge on any atom is -0.258 e. The van der Waals surface area contributed by atoms with E-state index in [9.17, 15) is 10.1 Å². The van der Waals surface area contributed by atoms with Crippen LogP contribution in [0.4, 0.5) is 5.69 Å². The van der Waals surface area contributed by atoms with Crippen LogP contribution in [-0.2, 0) is 5.33 Å². The molecule has 6 nitrogen and oxygen atoms in total. The lowest BCUT2D eigenvalue weighted by Crippen LogP contribution is -2.02. The highest BCUT2D eigenvalue weighted by Crippen LogP contribution is 2.27. The van der Waals surface area contributed by atoms with E-state index in [1.165, 1.54) is 4.68 Å². The summed E-state index contributed by atoms with van der Waals surface area (Å²) in [5.41, 5.74) is 2.70. The van der Waals surface area contributed by atoms with Crippen LogP contribution in [0, 0.1) is 10.1 Å². The van der Waals surface area contributed by atoms with Gasteiger partial charge in [0.05, 0.1) is 10.4 Å². The number of nitro benzene ring substituents is 1. The third kappa shape index (κ3) is 2.05. The minimum absolute atomic E-state index is 0.0117. The van der Waals surface area contributed by atoms with Crippen molar-refractivity contribution in [1.82, 2.24) is 15.0 Å². The van der Waals surface area contributed by atoms with Gasteiger partial charge in [-0.05, 0) is 23.8 Å². The van der Waals surface area contributed by atoms with Gasteiger partial charge in [0.15, 0.2) is 0 Å². The fourth-order valence-electron chi connectivity index (χ4n) is 2.02. The van der Waals surface area contributed by atoms with Gasteiger partial charge in [-0.25, -0.2) is 4.68 Å². The SMILES string of the molecule is O=[N+]([O-])c1cc(CBr)ccc1-n1nnc2ccccc21. The number of para-hydroxylation sites is 1. The monoisotopic (exact) mass is 332 g/mol. The number of halogens is 1. The van der Waals surface area contributed by atoms with Crippen molar-refractivity contribution in [3.05, 3.63) is 58.1 Å². The predicted molar refractivity (Wildman–Crippen MR) is 78.2 cm³/mol. The molecule has 0 fully saturated rings. The molecule has 0 saturated carbocycles. The van der Waals surface area contributed by atoms with E-state index in [1.807, 2.05) is 30.3 Å². The van der Waals surface area contributed by atoms with Gasteiger partial charge in [-0.3, -0.25) is 10.1 Å². The predicted octanol–water partition coefficient (Wildman–Crippen LogP) is 3.22. The molecule has 0 aliphatic heterocycles. The van der Waals surface area contributed by atoms with Gasteiger partial charge in [0.25, 0.3) is 5.69 Å². The van der Waals surface area contributed by atoms with Crippen LogP contribution in [0.15, 0.2) is 42.5 Å². The van der Waals surface area contributed by atoms with E-state index in [0.29, 0.717) is 16.5 Å². The highest BCUT2D eigenvalue weighted by Gasteiger charge is 2.18. The molecule has 0 amide bonds. The number of hydrogen-bond donors (Lipinski definition) is 0. The van der Waals surface area contributed by atoms with Crippen molar-refractivity contribution in [3.8, 4) is 5.69 Å². The molecular formula is C13H9BrN4O2. The summed E-state index contributed by atoms with van der Waals surface area (Å²) in [4.78, 5) is 10.8. The van der Waals surface area contributed by atoms with E-state index in [0.717, 1.165) is 11.1 Å². The summed E-state index contributed by atoms with van der Waals surface area (Å²) in [6.45, 7) is 0. The Morgan fingerprint density at radius 3 is 2.80 bits per heavy atom. The van der Waals surface area contributed by atoms with E-state index >= 15 is 0 Å². The first-order valence-corrected chi connectivity index (χ1v) is 6.97. The molecule has 2 aromatic carbocycles. The zero-order valence-corrected chi connectivity index (χ0v) is 11.8. The van der Waals surface area contributed by atoms with Crippen LogP contribution in [0.25, 0.3) is 16.7 Å². The lowest BCUT2D eigenvalue weighted by Gasteiger charge is -2.05. The van der Waals surface area contributed by atoms with Crippen molar-refractivity contribution in [2.75, 3.05) is 0 Å². The van der Waals surface area contributed by atoms with Crippen LogP contribution in [0.5, 0.6) is 0 Å². The fourth-order valence-corrected chi connectivity index (χ4v) is 2.37. The molecule has 0 unspecified atom stereocenters. The largest absolute Gasteiger partial charge is 0.295 e. The topological polar surface area (TPSA) is 73.8 Å². The normalized spacial score (nSPS) is 10.8. The van der Waals surface area contributed by atoms with E-state index in [-0.39, 0.29) is 5.69 Å². The molecule has 0 N–H and O–H groups in total. The molecule has 7 heteroatoms. The Morgan fingerprint density at radius 2 is 2.05 bits per heavy atom. The molecule has 0 aliphatic rings. The second-order valence-electron chi connectivity index (χ2n) is 4.20. The first-order valence-electron chi connectivity index (χ1n) is 5.85. The first-order chi connectivity index (χ1) is 9.70. The average molecular weight is 333 g/mol. The van der Waals surface area contributed by atoms with Crippen LogP contribution in [0.2, 0.25) is 0 Å². The lowest BCUT2D eigenvalue weighted by molar-refractivity contribution is -0.384. The molecule has 100 valence electrons. The maximum absolute atomic E-state index is 11.2. The molecule has 3 aromatic rings. The smallest absolute Gasteiger partial charge is 0.258 e. The molecule has 0 saturated heterocycles. The number of benzene rings is 2. The number of nitro groups is 1. The quantitative estimate of drug-likeness (QED) is 0.419. The van der Waals surface area contributed by atoms with Crippen molar-refractivity contribution in [1.29, 1.82) is 0 Å². The summed E-state index contributed by atoms with van der Waals surface area (Å²) in [6, 6.07) is 12.4. The van der Waals surface area contributed by atoms with Crippen LogP contribution >= 0.6 is 15.9 Å². The maximum atomic E-state index is 11.2. The van der Waals surface area contributed by atoms with Gasteiger partial charge in [0, 0.05) is 11.4 Å². The molecular weight excluding hydrogens is 324 g/mol. The van der Waals surface area contributed by atoms with E-state index < -0.39 is 4.92 Å². The second kappa shape index (κ2) is 5.01. The number of alkyl halides is 1. The summed E-state index contributed by atoms with van der Waals surface area (Å²) < 4.78 is 1.49. The molecule has 0 atom stereocenters. The van der Waals surface area contributed by atoms with Crippen molar-refractivity contribution in [2.24, 2.45) is 0 Å². The zero-order chi connectivity index (χ0) is 14.1. The van der Waals surface area contributed by atoms with Crippen molar-refractivity contribution < 1.29 is 4.92 Å². The van der Waals surface area contributed by atoms with Crippen LogP contribution < -0.4 is 0 Å². The summed E-state index contributed by atoms with van der Waals surface area (Å²) in [5, 5.41) is 19.8. The number of hydrogen-bond acceptors (Lipinski definition) is 4. The Bertz CT molecular complexity index is 800. The Hall–Kier alpha value is -2.28. The fraction of sp³-hybridized carbons (Fsp3) is 0.0769. The Labute approximate surface area is 122 Å². The van der Waals surface area contributed by atoms with E-state index in [2.05, 4.69) is 26.2 Å². The van der Waals surface area contributed by atoms with Gasteiger partial charge in [-0.2, -0.15) is 0 Å². The highest BCUT2D eigenvalue weighted by molar-refractivity contribution is 9.08. The maximum Gasteiger partial charge on any atom is 0.295 e. The van der Waals surface area contributed by atoms with Crippen molar-refractivity contribution >= 4 is 32.7 Å². The zero-order valence-electron chi connectivity index (χ0n) is 10.2. The standard InChI is InChI=1S/C13H9BrN4O2/c14-8-9-5-6-12(13(7-9)18(19)20)17-11-4-2-1-3-10(11)15-16-17/h1-7H,8H2. The van der Waals surface area contributed by atoms with Gasteiger partial charge in [-0.1, -0.05) is 39.3 Å². The van der Waals surface area contributed by atoms with Crippen LogP contribution in [0.1, 0.15) is 5.56 Å². The van der Waals surface area contributed by atoms with Crippen molar-refractivity contribution in [2.45, 2.75) is 5.33 Å². The molecule has 1 aromatic heterocycles. The third-order valence-corrected chi connectivity index (χ3v) is 3.62. The molecule has 1 heterocycles. The van der Waals surface area contributed by atoms with Gasteiger partial charge in [0.1, 0.15) is 11.2 Å². The van der Waals surface area contributed by atoms with Crippen LogP contribution in [0.3, 0.4) is 0 Å². The third-order valence-electron chi connectivity index (χ3n) is 2.97. The minimum atomic E-state index is -0.405. The van der Waals surface area contributed by atoms with Gasteiger partial charge < -0.3 is 0 Å². The van der Waals surface area contributed by atoms with Crippen LogP contribution in [-0.4, -0.2) is 19.9 Å². The average Bonchev–Trinajstić information content (AvgIpc) is 2.90. The van der Waals surface area contributed by atoms with Crippen molar-refractivity contribution in [3.63, 3.8) is 0 Å². The van der Waals surface area contributed by atoms with Gasteiger partial charge >= 0.3 is 0 Å². The molecule has 0 spiro atoms. The summed E-state index contributed by atoms with van der Waals surface area (Å²) in [7, 11) is 0. The highest BCUT2D eigenvalue weighted by atomic mass is 79.9. The summed E-state index contributed by atoms with van der Waals surface area (Å²) in [6.07, 6.45) is 0. The summed E-state index contributed by atoms with van der Waals surface area (Å²) >= 11 is 3.30. The molecule has 0 bridgehead atoms. The Morgan fingerprint density at radius 1 is 1.25 bits per heavy atom. The number of rotatable bonds is 3.